The predicted molar refractivity (Wildman–Crippen MR) is 59.9 cm³/mol. The van der Waals surface area contributed by atoms with Gasteiger partial charge in [0.15, 0.2) is 0 Å². The fraction of sp³-hybridized carbons (Fsp3) is 0.333. The maximum atomic E-state index is 12.9. The molecule has 4 nitrogen and oxygen atoms in total. The Bertz CT molecular complexity index is 360. The molecule has 0 aliphatic heterocycles. The van der Waals surface area contributed by atoms with E-state index in [2.05, 4.69) is 5.32 Å². The van der Waals surface area contributed by atoms with Crippen LogP contribution in [0.5, 0.6) is 0 Å². The second-order valence-corrected chi connectivity index (χ2v) is 3.86. The van der Waals surface area contributed by atoms with Crippen molar-refractivity contribution in [3.63, 3.8) is 0 Å². The van der Waals surface area contributed by atoms with Gasteiger partial charge in [-0.3, -0.25) is 10.1 Å². The smallest absolute Gasteiger partial charge is 0.274 e. The maximum Gasteiger partial charge on any atom is 0.274 e. The van der Waals surface area contributed by atoms with Gasteiger partial charge in [0.2, 0.25) is 0 Å². The van der Waals surface area contributed by atoms with Crippen LogP contribution in [0, 0.1) is 15.9 Å². The Morgan fingerprint density at radius 1 is 1.53 bits per heavy atom. The lowest BCUT2D eigenvalue weighted by molar-refractivity contribution is -0.385. The molecule has 1 aromatic rings. The van der Waals surface area contributed by atoms with Gasteiger partial charge >= 0.3 is 0 Å². The van der Waals surface area contributed by atoms with E-state index in [9.17, 15) is 14.5 Å². The summed E-state index contributed by atoms with van der Waals surface area (Å²) in [5, 5.41) is 13.4. The molecule has 1 N–H and O–H groups in total. The normalized spacial score (nSPS) is 10.0. The Morgan fingerprint density at radius 2 is 2.27 bits per heavy atom. The zero-order valence-corrected chi connectivity index (χ0v) is 9.01. The first kappa shape index (κ1) is 11.8. The van der Waals surface area contributed by atoms with Gasteiger partial charge in [-0.15, -0.1) is 0 Å². The van der Waals surface area contributed by atoms with Crippen LogP contribution >= 0.6 is 11.8 Å². The van der Waals surface area contributed by atoms with Crippen molar-refractivity contribution in [2.24, 2.45) is 0 Å². The van der Waals surface area contributed by atoms with Gasteiger partial charge in [0, 0.05) is 24.1 Å². The van der Waals surface area contributed by atoms with Gasteiger partial charge in [0.1, 0.15) is 5.82 Å². The molecule has 0 bridgehead atoms. The van der Waals surface area contributed by atoms with Gasteiger partial charge in [0.05, 0.1) is 11.0 Å². The molecule has 0 amide bonds. The molecule has 0 unspecified atom stereocenters. The van der Waals surface area contributed by atoms with Gasteiger partial charge < -0.3 is 5.32 Å². The standard InChI is InChI=1S/C9H11FN2O2S/c1-15-3-2-11-8-4-7(10)5-9(6-8)12(13)14/h4-6,11H,2-3H2,1H3. The monoisotopic (exact) mass is 230 g/mol. The average molecular weight is 230 g/mol. The van der Waals surface area contributed by atoms with Crippen LogP contribution in [0.15, 0.2) is 18.2 Å². The summed E-state index contributed by atoms with van der Waals surface area (Å²) in [5.41, 5.74) is 0.206. The molecule has 1 aromatic carbocycles. The molecule has 0 aliphatic carbocycles. The highest BCUT2D eigenvalue weighted by Gasteiger charge is 2.09. The first-order valence-corrected chi connectivity index (χ1v) is 5.70. The molecular weight excluding hydrogens is 219 g/mol. The van der Waals surface area contributed by atoms with Gasteiger partial charge in [-0.25, -0.2) is 4.39 Å². The van der Waals surface area contributed by atoms with Crippen LogP contribution in [0.4, 0.5) is 15.8 Å². The van der Waals surface area contributed by atoms with E-state index in [0.717, 1.165) is 11.8 Å². The molecule has 0 fully saturated rings. The third-order valence-electron chi connectivity index (χ3n) is 1.73. The molecule has 0 saturated heterocycles. The van der Waals surface area contributed by atoms with E-state index < -0.39 is 10.7 Å². The van der Waals surface area contributed by atoms with Crippen LogP contribution in [-0.2, 0) is 0 Å². The number of benzene rings is 1. The van der Waals surface area contributed by atoms with Crippen LogP contribution in [0.3, 0.4) is 0 Å². The van der Waals surface area contributed by atoms with Crippen molar-refractivity contribution < 1.29 is 9.31 Å². The van der Waals surface area contributed by atoms with Gasteiger partial charge in [0.25, 0.3) is 5.69 Å². The molecule has 0 heterocycles. The lowest BCUT2D eigenvalue weighted by Gasteiger charge is -2.04. The summed E-state index contributed by atoms with van der Waals surface area (Å²) in [6, 6.07) is 3.47. The van der Waals surface area contributed by atoms with E-state index in [0.29, 0.717) is 12.2 Å². The number of nitrogens with one attached hydrogen (secondary N) is 1. The minimum Gasteiger partial charge on any atom is -0.384 e. The maximum absolute atomic E-state index is 12.9. The summed E-state index contributed by atoms with van der Waals surface area (Å²) in [7, 11) is 0. The Kier molecular flexibility index (Phi) is 4.36. The van der Waals surface area contributed by atoms with Gasteiger partial charge in [-0.05, 0) is 12.3 Å². The Morgan fingerprint density at radius 3 is 2.87 bits per heavy atom. The number of thioether (sulfide) groups is 1. The van der Waals surface area contributed by atoms with E-state index >= 15 is 0 Å². The molecule has 1 rings (SSSR count). The number of nitro benzene ring substituents is 1. The van der Waals surface area contributed by atoms with Crippen molar-refractivity contribution in [1.82, 2.24) is 0 Å². The van der Waals surface area contributed by atoms with Crippen molar-refractivity contribution >= 4 is 23.1 Å². The highest BCUT2D eigenvalue weighted by atomic mass is 32.2. The number of nitrogens with zero attached hydrogens (tertiary/aromatic N) is 1. The molecule has 0 atom stereocenters. The number of rotatable bonds is 5. The molecule has 6 heteroatoms. The number of hydrogen-bond acceptors (Lipinski definition) is 4. The highest BCUT2D eigenvalue weighted by molar-refractivity contribution is 7.98. The Hall–Kier alpha value is -1.30. The molecule has 0 aromatic heterocycles. The third kappa shape index (κ3) is 3.75. The van der Waals surface area contributed by atoms with Crippen LogP contribution in [-0.4, -0.2) is 23.5 Å². The minimum absolute atomic E-state index is 0.235. The lowest BCUT2D eigenvalue weighted by Crippen LogP contribution is -2.04. The van der Waals surface area contributed by atoms with E-state index in [1.165, 1.54) is 12.1 Å². The predicted octanol–water partition coefficient (Wildman–Crippen LogP) is 2.51. The summed E-state index contributed by atoms with van der Waals surface area (Å²) in [6.45, 7) is 0.655. The molecular formula is C9H11FN2O2S. The number of anilines is 1. The second kappa shape index (κ2) is 5.55. The van der Waals surface area contributed by atoms with Gasteiger partial charge in [-0.2, -0.15) is 11.8 Å². The zero-order valence-electron chi connectivity index (χ0n) is 8.20. The van der Waals surface area contributed by atoms with Crippen LogP contribution in [0.25, 0.3) is 0 Å². The summed E-state index contributed by atoms with van der Waals surface area (Å²) < 4.78 is 12.9. The topological polar surface area (TPSA) is 55.2 Å². The quantitative estimate of drug-likeness (QED) is 0.479. The third-order valence-corrected chi connectivity index (χ3v) is 2.34. The number of non-ortho nitro benzene ring substituents is 1. The summed E-state index contributed by atoms with van der Waals surface area (Å²) in [4.78, 5) is 9.83. The van der Waals surface area contributed by atoms with E-state index in [4.69, 9.17) is 0 Å². The first-order chi connectivity index (χ1) is 7.13. The molecule has 0 saturated carbocycles. The van der Waals surface area contributed by atoms with E-state index in [-0.39, 0.29) is 5.69 Å². The fourth-order valence-corrected chi connectivity index (χ4v) is 1.39. The van der Waals surface area contributed by atoms with E-state index in [1.807, 2.05) is 6.26 Å². The van der Waals surface area contributed by atoms with Crippen LogP contribution in [0.1, 0.15) is 0 Å². The number of hydrogen-bond donors (Lipinski definition) is 1. The Labute approximate surface area is 91.0 Å². The van der Waals surface area contributed by atoms with Crippen molar-refractivity contribution in [3.05, 3.63) is 34.1 Å². The van der Waals surface area contributed by atoms with Crippen LogP contribution in [0.2, 0.25) is 0 Å². The number of nitro groups is 1. The highest BCUT2D eigenvalue weighted by Crippen LogP contribution is 2.19. The average Bonchev–Trinajstić information content (AvgIpc) is 2.17. The largest absolute Gasteiger partial charge is 0.384 e. The van der Waals surface area contributed by atoms with Crippen LogP contribution < -0.4 is 5.32 Å². The first-order valence-electron chi connectivity index (χ1n) is 4.31. The molecule has 0 radical (unpaired) electrons. The second-order valence-electron chi connectivity index (χ2n) is 2.87. The summed E-state index contributed by atoms with van der Waals surface area (Å²) in [6.07, 6.45) is 1.95. The molecule has 15 heavy (non-hydrogen) atoms. The minimum atomic E-state index is -0.608. The number of halogens is 1. The van der Waals surface area contributed by atoms with Crippen molar-refractivity contribution in [2.75, 3.05) is 23.9 Å². The summed E-state index contributed by atoms with van der Waals surface area (Å²) in [5.74, 6) is 0.264. The van der Waals surface area contributed by atoms with Gasteiger partial charge in [-0.1, -0.05) is 0 Å². The lowest BCUT2D eigenvalue weighted by atomic mass is 10.2. The van der Waals surface area contributed by atoms with E-state index in [1.54, 1.807) is 11.8 Å². The SMILES string of the molecule is CSCCNc1cc(F)cc([N+](=O)[O-])c1. The molecule has 82 valence electrons. The van der Waals surface area contributed by atoms with Crippen molar-refractivity contribution in [3.8, 4) is 0 Å². The fourth-order valence-electron chi connectivity index (χ4n) is 1.08. The molecule has 0 aliphatic rings. The van der Waals surface area contributed by atoms with Crippen molar-refractivity contribution in [2.45, 2.75) is 0 Å². The Balaban J connectivity index is 2.75. The molecule has 0 spiro atoms. The summed E-state index contributed by atoms with van der Waals surface area (Å²) >= 11 is 1.65. The van der Waals surface area contributed by atoms with Crippen molar-refractivity contribution in [1.29, 1.82) is 0 Å². The zero-order chi connectivity index (χ0) is 11.3.